The normalized spacial score (nSPS) is 14.2. The molecule has 4 rings (SSSR count). The summed E-state index contributed by atoms with van der Waals surface area (Å²) in [5.41, 5.74) is 0.223. The van der Waals surface area contributed by atoms with E-state index in [1.54, 1.807) is 13.2 Å². The van der Waals surface area contributed by atoms with Gasteiger partial charge in [0.2, 0.25) is 5.96 Å². The first kappa shape index (κ1) is 30.2. The van der Waals surface area contributed by atoms with Crippen LogP contribution in [-0.4, -0.2) is 64.3 Å². The fourth-order valence-electron chi connectivity index (χ4n) is 4.38. The molecule has 0 amide bonds. The van der Waals surface area contributed by atoms with Crippen LogP contribution in [0.25, 0.3) is 6.08 Å². The molecular weight excluding hydrogens is 556 g/mol. The van der Waals surface area contributed by atoms with E-state index >= 15 is 4.39 Å². The van der Waals surface area contributed by atoms with E-state index < -0.39 is 23.5 Å². The molecule has 1 N–H and O–H groups in total. The molecule has 0 spiro atoms. The Morgan fingerprint density at radius 1 is 0.952 bits per heavy atom. The van der Waals surface area contributed by atoms with Crippen LogP contribution in [0.3, 0.4) is 0 Å². The number of aliphatic imine (C=N–C) groups is 1. The number of esters is 1. The van der Waals surface area contributed by atoms with Crippen molar-refractivity contribution in [2.24, 2.45) is 4.99 Å². The van der Waals surface area contributed by atoms with Crippen LogP contribution >= 0.6 is 0 Å². The summed E-state index contributed by atoms with van der Waals surface area (Å²) in [4.78, 5) is 20.2. The zero-order valence-electron chi connectivity index (χ0n) is 23.2. The minimum absolute atomic E-state index is 0.00397. The molecule has 1 saturated heterocycles. The molecule has 0 unspecified atom stereocenters. The van der Waals surface area contributed by atoms with E-state index in [0.717, 1.165) is 23.9 Å². The van der Waals surface area contributed by atoms with Crippen LogP contribution in [0.1, 0.15) is 11.1 Å². The molecular formula is C30H30F4N4O4. The Balaban J connectivity index is 1.73. The number of halogens is 4. The summed E-state index contributed by atoms with van der Waals surface area (Å²) in [5, 5.41) is 2.96. The van der Waals surface area contributed by atoms with Crippen LogP contribution in [0.2, 0.25) is 0 Å². The number of nitrogens with one attached hydrogen (secondary N) is 1. The first-order chi connectivity index (χ1) is 20.1. The second-order valence-corrected chi connectivity index (χ2v) is 9.18. The van der Waals surface area contributed by atoms with Gasteiger partial charge in [0, 0.05) is 49.6 Å². The molecule has 1 aliphatic heterocycles. The number of carbonyl (C=O) groups excluding carboxylic acids is 1. The third-order valence-corrected chi connectivity index (χ3v) is 6.61. The lowest BCUT2D eigenvalue weighted by Crippen LogP contribution is -2.50. The summed E-state index contributed by atoms with van der Waals surface area (Å²) in [6.45, 7) is 1.90. The predicted molar refractivity (Wildman–Crippen MR) is 153 cm³/mol. The molecule has 0 radical (unpaired) electrons. The molecule has 3 aromatic carbocycles. The van der Waals surface area contributed by atoms with Crippen molar-refractivity contribution < 1.29 is 36.6 Å². The number of carbonyl (C=O) groups is 1. The van der Waals surface area contributed by atoms with Crippen molar-refractivity contribution in [3.05, 3.63) is 83.7 Å². The van der Waals surface area contributed by atoms with Crippen molar-refractivity contribution in [3.8, 4) is 11.5 Å². The van der Waals surface area contributed by atoms with Gasteiger partial charge in [0.05, 0.1) is 32.6 Å². The Labute approximate surface area is 240 Å². The highest BCUT2D eigenvalue weighted by Crippen LogP contribution is 2.35. The molecule has 1 fully saturated rings. The zero-order chi connectivity index (χ0) is 30.3. The van der Waals surface area contributed by atoms with Gasteiger partial charge in [-0.15, -0.1) is 0 Å². The van der Waals surface area contributed by atoms with Crippen molar-refractivity contribution in [1.29, 1.82) is 0 Å². The lowest BCUT2D eigenvalue weighted by molar-refractivity contribution is -0.137. The molecule has 1 aliphatic rings. The van der Waals surface area contributed by atoms with E-state index in [0.29, 0.717) is 31.9 Å². The van der Waals surface area contributed by atoms with Crippen LogP contribution in [-0.2, 0) is 15.7 Å². The first-order valence-corrected chi connectivity index (χ1v) is 12.9. The van der Waals surface area contributed by atoms with Crippen molar-refractivity contribution in [3.63, 3.8) is 0 Å². The molecule has 3 aromatic rings. The smallest absolute Gasteiger partial charge is 0.416 e. The highest BCUT2D eigenvalue weighted by Gasteiger charge is 2.32. The van der Waals surface area contributed by atoms with Gasteiger partial charge >= 0.3 is 12.1 Å². The molecule has 0 saturated carbocycles. The van der Waals surface area contributed by atoms with Gasteiger partial charge in [0.25, 0.3) is 0 Å². The van der Waals surface area contributed by atoms with Crippen LogP contribution in [0, 0.1) is 5.82 Å². The molecule has 8 nitrogen and oxygen atoms in total. The zero-order valence-corrected chi connectivity index (χ0v) is 23.2. The molecule has 42 heavy (non-hydrogen) atoms. The number of rotatable bonds is 7. The van der Waals surface area contributed by atoms with Crippen LogP contribution in [0.15, 0.2) is 71.7 Å². The Bertz CT molecular complexity index is 1470. The number of anilines is 2. The average molecular weight is 587 g/mol. The highest BCUT2D eigenvalue weighted by atomic mass is 19.4. The van der Waals surface area contributed by atoms with E-state index in [2.05, 4.69) is 19.9 Å². The summed E-state index contributed by atoms with van der Waals surface area (Å²) >= 11 is 0. The van der Waals surface area contributed by atoms with Crippen molar-refractivity contribution >= 4 is 35.1 Å². The maximum atomic E-state index is 15.1. The van der Waals surface area contributed by atoms with E-state index in [1.807, 2.05) is 29.2 Å². The van der Waals surface area contributed by atoms with Gasteiger partial charge in [-0.2, -0.15) is 13.2 Å². The molecule has 1 heterocycles. The lowest BCUT2D eigenvalue weighted by atomic mass is 10.1. The second kappa shape index (κ2) is 13.3. The van der Waals surface area contributed by atoms with Gasteiger partial charge < -0.3 is 29.3 Å². The van der Waals surface area contributed by atoms with Crippen LogP contribution in [0.5, 0.6) is 11.5 Å². The van der Waals surface area contributed by atoms with Crippen molar-refractivity contribution in [2.75, 3.05) is 57.7 Å². The Kier molecular flexibility index (Phi) is 9.56. The number of hydrogen-bond donors (Lipinski definition) is 1. The van der Waals surface area contributed by atoms with Crippen LogP contribution in [0.4, 0.5) is 34.6 Å². The topological polar surface area (TPSA) is 75.6 Å². The number of para-hydroxylation sites is 1. The number of guanidine groups is 1. The van der Waals surface area contributed by atoms with Gasteiger partial charge in [-0.25, -0.2) is 14.2 Å². The Morgan fingerprint density at radius 3 is 2.36 bits per heavy atom. The van der Waals surface area contributed by atoms with Crippen LogP contribution < -0.4 is 19.7 Å². The molecule has 0 aliphatic carbocycles. The fraction of sp³-hybridized carbons (Fsp3) is 0.267. The number of nitrogens with zero attached hydrogens (tertiary/aromatic N) is 3. The third kappa shape index (κ3) is 7.31. The largest absolute Gasteiger partial charge is 0.497 e. The molecule has 0 bridgehead atoms. The molecule has 0 aromatic heterocycles. The number of ether oxygens (including phenoxy) is 3. The minimum Gasteiger partial charge on any atom is -0.497 e. The van der Waals surface area contributed by atoms with E-state index in [9.17, 15) is 18.0 Å². The van der Waals surface area contributed by atoms with Crippen molar-refractivity contribution in [1.82, 2.24) is 4.90 Å². The average Bonchev–Trinajstić information content (AvgIpc) is 3.00. The number of piperazine rings is 1. The predicted octanol–water partition coefficient (Wildman–Crippen LogP) is 5.97. The summed E-state index contributed by atoms with van der Waals surface area (Å²) < 4.78 is 71.1. The number of methoxy groups -OCH3 is 3. The number of benzene rings is 3. The Hall–Kier alpha value is -4.74. The standard InChI is InChI=1S/C30H30F4N4O4/c1-40-23-8-5-7-22(19-23)37-14-16-38(17-15-37)29(35-25-18-21(30(32,33)34)11-12-26(25)41-2)36-28-20(6-4-9-24(28)31)10-13-27(39)42-3/h4-13,18-19H,14-17H2,1-3H3,(H,35,36). The summed E-state index contributed by atoms with van der Waals surface area (Å²) in [5.74, 6) is -0.370. The summed E-state index contributed by atoms with van der Waals surface area (Å²) in [6, 6.07) is 14.9. The monoisotopic (exact) mass is 586 g/mol. The third-order valence-electron chi connectivity index (χ3n) is 6.61. The van der Waals surface area contributed by atoms with E-state index in [1.165, 1.54) is 38.5 Å². The Morgan fingerprint density at radius 2 is 1.69 bits per heavy atom. The van der Waals surface area contributed by atoms with Crippen molar-refractivity contribution in [2.45, 2.75) is 6.18 Å². The van der Waals surface area contributed by atoms with E-state index in [4.69, 9.17) is 9.47 Å². The SMILES string of the molecule is COC(=O)C=Cc1cccc(F)c1N=C(Nc1cc(C(F)(F)F)ccc1OC)N1CCN(c2cccc(OC)c2)CC1. The van der Waals surface area contributed by atoms with Gasteiger partial charge in [0.15, 0.2) is 0 Å². The first-order valence-electron chi connectivity index (χ1n) is 12.9. The maximum absolute atomic E-state index is 15.1. The van der Waals surface area contributed by atoms with Gasteiger partial charge in [0.1, 0.15) is 23.0 Å². The minimum atomic E-state index is -4.60. The van der Waals surface area contributed by atoms with Gasteiger partial charge in [-0.3, -0.25) is 0 Å². The highest BCUT2D eigenvalue weighted by molar-refractivity contribution is 5.98. The lowest BCUT2D eigenvalue weighted by Gasteiger charge is -2.38. The maximum Gasteiger partial charge on any atom is 0.416 e. The molecule has 0 atom stereocenters. The summed E-state index contributed by atoms with van der Waals surface area (Å²) in [7, 11) is 4.14. The van der Waals surface area contributed by atoms with E-state index in [-0.39, 0.29) is 28.6 Å². The number of alkyl halides is 3. The summed E-state index contributed by atoms with van der Waals surface area (Å²) in [6.07, 6.45) is -2.11. The fourth-order valence-corrected chi connectivity index (χ4v) is 4.38. The quantitative estimate of drug-likeness (QED) is 0.120. The van der Waals surface area contributed by atoms with Gasteiger partial charge in [-0.1, -0.05) is 18.2 Å². The number of hydrogen-bond acceptors (Lipinski definition) is 6. The second-order valence-electron chi connectivity index (χ2n) is 9.18. The molecule has 12 heteroatoms. The molecule has 222 valence electrons. The van der Waals surface area contributed by atoms with Gasteiger partial charge in [-0.05, 0) is 42.5 Å².